The summed E-state index contributed by atoms with van der Waals surface area (Å²) in [4.78, 5) is -0.363. The van der Waals surface area contributed by atoms with Gasteiger partial charge in [0, 0.05) is 0 Å². The Bertz CT molecular complexity index is 779. The van der Waals surface area contributed by atoms with E-state index >= 15 is 0 Å². The molecular formula is C15H13ClFNO2S. The van der Waals surface area contributed by atoms with Crippen LogP contribution in [0.25, 0.3) is 0 Å². The number of rotatable bonds is 3. The van der Waals surface area contributed by atoms with Gasteiger partial charge in [0.2, 0.25) is 10.0 Å². The Balaban J connectivity index is 1.95. The van der Waals surface area contributed by atoms with E-state index in [0.29, 0.717) is 6.42 Å². The highest BCUT2D eigenvalue weighted by Crippen LogP contribution is 2.35. The Morgan fingerprint density at radius 2 is 1.76 bits per heavy atom. The maximum Gasteiger partial charge on any atom is 0.244 e. The summed E-state index contributed by atoms with van der Waals surface area (Å²) < 4.78 is 40.9. The summed E-state index contributed by atoms with van der Waals surface area (Å²) in [6, 6.07) is 12.2. The molecule has 1 aliphatic carbocycles. The summed E-state index contributed by atoms with van der Waals surface area (Å²) in [6.45, 7) is 0. The SMILES string of the molecule is O=S(=O)(NC1c2ccccc2CC1Cl)c1ccccc1F. The summed E-state index contributed by atoms with van der Waals surface area (Å²) >= 11 is 6.26. The summed E-state index contributed by atoms with van der Waals surface area (Å²) in [5, 5.41) is -0.385. The van der Waals surface area contributed by atoms with Crippen LogP contribution < -0.4 is 4.72 Å². The predicted octanol–water partition coefficient (Wildman–Crippen LogP) is 3.01. The van der Waals surface area contributed by atoms with E-state index < -0.39 is 21.9 Å². The molecule has 0 radical (unpaired) electrons. The van der Waals surface area contributed by atoms with E-state index in [0.717, 1.165) is 17.2 Å². The standard InChI is InChI=1S/C15H13ClFNO2S/c16-12-9-10-5-1-2-6-11(10)15(12)18-21(19,20)14-8-4-3-7-13(14)17/h1-8,12,15,18H,9H2. The second-order valence-corrected chi connectivity index (χ2v) is 7.19. The molecule has 1 N–H and O–H groups in total. The zero-order valence-corrected chi connectivity index (χ0v) is 12.5. The minimum Gasteiger partial charge on any atom is -0.207 e. The zero-order chi connectivity index (χ0) is 15.0. The Kier molecular flexibility index (Phi) is 3.73. The quantitative estimate of drug-likeness (QED) is 0.882. The molecule has 0 bridgehead atoms. The molecule has 0 aromatic heterocycles. The summed E-state index contributed by atoms with van der Waals surface area (Å²) in [5.41, 5.74) is 1.86. The summed E-state index contributed by atoms with van der Waals surface area (Å²) in [7, 11) is -3.96. The first-order valence-electron chi connectivity index (χ1n) is 6.48. The van der Waals surface area contributed by atoms with Crippen LogP contribution >= 0.6 is 11.6 Å². The molecule has 0 amide bonds. The number of halogens is 2. The van der Waals surface area contributed by atoms with Crippen molar-refractivity contribution in [2.24, 2.45) is 0 Å². The number of sulfonamides is 1. The molecule has 1 aliphatic rings. The normalized spacial score (nSPS) is 21.2. The lowest BCUT2D eigenvalue weighted by molar-refractivity contribution is 0.539. The van der Waals surface area contributed by atoms with Gasteiger partial charge in [-0.05, 0) is 29.7 Å². The van der Waals surface area contributed by atoms with Gasteiger partial charge in [-0.3, -0.25) is 0 Å². The van der Waals surface area contributed by atoms with Gasteiger partial charge in [-0.1, -0.05) is 36.4 Å². The first-order chi connectivity index (χ1) is 9.99. The molecule has 0 heterocycles. The molecule has 0 fully saturated rings. The number of fused-ring (bicyclic) bond motifs is 1. The number of hydrogen-bond acceptors (Lipinski definition) is 2. The van der Waals surface area contributed by atoms with Gasteiger partial charge >= 0.3 is 0 Å². The van der Waals surface area contributed by atoms with Gasteiger partial charge < -0.3 is 0 Å². The molecule has 0 spiro atoms. The number of nitrogens with one attached hydrogen (secondary N) is 1. The lowest BCUT2D eigenvalue weighted by Crippen LogP contribution is -2.32. The fourth-order valence-electron chi connectivity index (χ4n) is 2.58. The highest BCUT2D eigenvalue weighted by molar-refractivity contribution is 7.89. The van der Waals surface area contributed by atoms with Gasteiger partial charge in [-0.15, -0.1) is 11.6 Å². The van der Waals surface area contributed by atoms with Crippen LogP contribution in [-0.2, 0) is 16.4 Å². The van der Waals surface area contributed by atoms with Crippen LogP contribution in [0.5, 0.6) is 0 Å². The van der Waals surface area contributed by atoms with Crippen molar-refractivity contribution >= 4 is 21.6 Å². The highest BCUT2D eigenvalue weighted by atomic mass is 35.5. The molecule has 3 rings (SSSR count). The van der Waals surface area contributed by atoms with E-state index in [-0.39, 0.29) is 10.3 Å². The first kappa shape index (κ1) is 14.5. The maximum absolute atomic E-state index is 13.7. The van der Waals surface area contributed by atoms with E-state index in [2.05, 4.69) is 4.72 Å². The first-order valence-corrected chi connectivity index (χ1v) is 8.40. The average molecular weight is 326 g/mol. The molecule has 21 heavy (non-hydrogen) atoms. The van der Waals surface area contributed by atoms with Crippen LogP contribution in [0.15, 0.2) is 53.4 Å². The van der Waals surface area contributed by atoms with Crippen molar-refractivity contribution in [2.45, 2.75) is 22.7 Å². The Hall–Kier alpha value is -1.43. The lowest BCUT2D eigenvalue weighted by atomic mass is 10.1. The fraction of sp³-hybridized carbons (Fsp3) is 0.200. The topological polar surface area (TPSA) is 46.2 Å². The second kappa shape index (κ2) is 5.40. The van der Waals surface area contributed by atoms with Gasteiger partial charge in [0.15, 0.2) is 0 Å². The van der Waals surface area contributed by atoms with Crippen molar-refractivity contribution in [2.75, 3.05) is 0 Å². The van der Waals surface area contributed by atoms with Crippen LogP contribution in [0, 0.1) is 5.82 Å². The largest absolute Gasteiger partial charge is 0.244 e. The van der Waals surface area contributed by atoms with Gasteiger partial charge in [0.1, 0.15) is 10.7 Å². The smallest absolute Gasteiger partial charge is 0.207 e. The van der Waals surface area contributed by atoms with Crippen molar-refractivity contribution < 1.29 is 12.8 Å². The molecule has 110 valence electrons. The molecule has 3 nitrogen and oxygen atoms in total. The minimum atomic E-state index is -3.96. The summed E-state index contributed by atoms with van der Waals surface area (Å²) in [5.74, 6) is -0.776. The molecule has 2 unspecified atom stereocenters. The van der Waals surface area contributed by atoms with Crippen LogP contribution in [0.1, 0.15) is 17.2 Å². The molecule has 0 aliphatic heterocycles. The second-order valence-electron chi connectivity index (χ2n) is 4.95. The Labute approximate surface area is 127 Å². The molecule has 0 saturated carbocycles. The third-order valence-electron chi connectivity index (χ3n) is 3.58. The minimum absolute atomic E-state index is 0.363. The van der Waals surface area contributed by atoms with Crippen molar-refractivity contribution in [3.8, 4) is 0 Å². The van der Waals surface area contributed by atoms with Gasteiger partial charge in [-0.2, -0.15) is 0 Å². The van der Waals surface area contributed by atoms with Crippen molar-refractivity contribution in [1.82, 2.24) is 4.72 Å². The van der Waals surface area contributed by atoms with Crippen LogP contribution in [-0.4, -0.2) is 13.8 Å². The van der Waals surface area contributed by atoms with Crippen LogP contribution in [0.4, 0.5) is 4.39 Å². The van der Waals surface area contributed by atoms with Gasteiger partial charge in [-0.25, -0.2) is 17.5 Å². The lowest BCUT2D eigenvalue weighted by Gasteiger charge is -2.17. The van der Waals surface area contributed by atoms with E-state index in [1.807, 2.05) is 24.3 Å². The molecule has 6 heteroatoms. The van der Waals surface area contributed by atoms with Gasteiger partial charge in [0.25, 0.3) is 0 Å². The van der Waals surface area contributed by atoms with Crippen molar-refractivity contribution in [3.05, 3.63) is 65.5 Å². The highest BCUT2D eigenvalue weighted by Gasteiger charge is 2.34. The molecule has 2 atom stereocenters. The maximum atomic E-state index is 13.7. The summed E-state index contributed by atoms with van der Waals surface area (Å²) in [6.07, 6.45) is 0.586. The van der Waals surface area contributed by atoms with Crippen LogP contribution in [0.2, 0.25) is 0 Å². The van der Waals surface area contributed by atoms with Gasteiger partial charge in [0.05, 0.1) is 11.4 Å². The predicted molar refractivity (Wildman–Crippen MR) is 79.2 cm³/mol. The number of alkyl halides is 1. The van der Waals surface area contributed by atoms with Crippen molar-refractivity contribution in [1.29, 1.82) is 0 Å². The zero-order valence-electron chi connectivity index (χ0n) is 11.0. The third kappa shape index (κ3) is 2.69. The van der Waals surface area contributed by atoms with E-state index in [4.69, 9.17) is 11.6 Å². The number of benzene rings is 2. The Morgan fingerprint density at radius 3 is 2.52 bits per heavy atom. The van der Waals surface area contributed by atoms with Crippen LogP contribution in [0.3, 0.4) is 0 Å². The van der Waals surface area contributed by atoms with E-state index in [9.17, 15) is 12.8 Å². The Morgan fingerprint density at radius 1 is 1.10 bits per heavy atom. The average Bonchev–Trinajstić information content (AvgIpc) is 2.75. The number of hydrogen-bond donors (Lipinski definition) is 1. The fourth-order valence-corrected chi connectivity index (χ4v) is 4.35. The molecule has 2 aromatic rings. The molecule has 0 saturated heterocycles. The molecular weight excluding hydrogens is 313 g/mol. The third-order valence-corrected chi connectivity index (χ3v) is 5.46. The van der Waals surface area contributed by atoms with E-state index in [1.165, 1.54) is 18.2 Å². The monoisotopic (exact) mass is 325 g/mol. The molecule has 2 aromatic carbocycles. The van der Waals surface area contributed by atoms with Crippen molar-refractivity contribution in [3.63, 3.8) is 0 Å². The van der Waals surface area contributed by atoms with E-state index in [1.54, 1.807) is 0 Å².